The molecule has 0 amide bonds. The summed E-state index contributed by atoms with van der Waals surface area (Å²) in [6.45, 7) is 6.15. The molecule has 1 N–H and O–H groups in total. The first-order valence-electron chi connectivity index (χ1n) is 7.19. The molecule has 1 aromatic heterocycles. The van der Waals surface area contributed by atoms with Gasteiger partial charge in [0.25, 0.3) is 0 Å². The largest absolute Gasteiger partial charge is 0.474 e. The molecule has 0 aliphatic heterocycles. The van der Waals surface area contributed by atoms with Crippen molar-refractivity contribution >= 4 is 0 Å². The highest BCUT2D eigenvalue weighted by Gasteiger charge is 2.17. The lowest BCUT2D eigenvalue weighted by Gasteiger charge is -2.14. The zero-order valence-electron chi connectivity index (χ0n) is 11.5. The molecule has 100 valence electrons. The van der Waals surface area contributed by atoms with Gasteiger partial charge in [-0.05, 0) is 50.3 Å². The average Bonchev–Trinajstić information content (AvgIpc) is 2.89. The standard InChI is InChI=1S/C15H24N2O/c1-3-13-9-12(11-16-4-2)10-15(17-13)18-14-7-5-6-8-14/h9-10,14,16H,3-8,11H2,1-2H3. The van der Waals surface area contributed by atoms with Crippen LogP contribution in [0.15, 0.2) is 12.1 Å². The number of hydrogen-bond acceptors (Lipinski definition) is 3. The fourth-order valence-corrected chi connectivity index (χ4v) is 2.41. The SMILES string of the molecule is CCNCc1cc(CC)nc(OC2CCCC2)c1. The maximum absolute atomic E-state index is 6.00. The normalized spacial score (nSPS) is 16.1. The van der Waals surface area contributed by atoms with Crippen LogP contribution in [0.3, 0.4) is 0 Å². The summed E-state index contributed by atoms with van der Waals surface area (Å²) in [5.41, 5.74) is 2.40. The molecule has 1 fully saturated rings. The molecule has 0 radical (unpaired) electrons. The lowest BCUT2D eigenvalue weighted by molar-refractivity contribution is 0.200. The van der Waals surface area contributed by atoms with E-state index in [-0.39, 0.29) is 0 Å². The minimum atomic E-state index is 0.386. The maximum atomic E-state index is 6.00. The van der Waals surface area contributed by atoms with Crippen LogP contribution in [0.5, 0.6) is 5.88 Å². The fourth-order valence-electron chi connectivity index (χ4n) is 2.41. The molecule has 1 aliphatic rings. The minimum Gasteiger partial charge on any atom is -0.474 e. The monoisotopic (exact) mass is 248 g/mol. The fraction of sp³-hybridized carbons (Fsp3) is 0.667. The summed E-state index contributed by atoms with van der Waals surface area (Å²) >= 11 is 0. The lowest BCUT2D eigenvalue weighted by atomic mass is 10.2. The molecule has 0 unspecified atom stereocenters. The number of ether oxygens (including phenoxy) is 1. The molecule has 0 atom stereocenters. The van der Waals surface area contributed by atoms with Gasteiger partial charge in [-0.2, -0.15) is 0 Å². The molecule has 18 heavy (non-hydrogen) atoms. The minimum absolute atomic E-state index is 0.386. The van der Waals surface area contributed by atoms with Gasteiger partial charge in [0.1, 0.15) is 6.10 Å². The summed E-state index contributed by atoms with van der Waals surface area (Å²) in [6, 6.07) is 4.25. The Kier molecular flexibility index (Phi) is 5.00. The smallest absolute Gasteiger partial charge is 0.214 e. The Hall–Kier alpha value is -1.09. The van der Waals surface area contributed by atoms with Gasteiger partial charge in [0.2, 0.25) is 5.88 Å². The summed E-state index contributed by atoms with van der Waals surface area (Å²) in [7, 11) is 0. The first-order chi connectivity index (χ1) is 8.81. The van der Waals surface area contributed by atoms with Gasteiger partial charge in [0.15, 0.2) is 0 Å². The van der Waals surface area contributed by atoms with E-state index in [1.54, 1.807) is 0 Å². The van der Waals surface area contributed by atoms with Crippen LogP contribution >= 0.6 is 0 Å². The molecule has 0 spiro atoms. The van der Waals surface area contributed by atoms with Crippen molar-refractivity contribution in [3.05, 3.63) is 23.4 Å². The predicted molar refractivity (Wildman–Crippen MR) is 73.9 cm³/mol. The van der Waals surface area contributed by atoms with Crippen LogP contribution in [0.2, 0.25) is 0 Å². The van der Waals surface area contributed by atoms with Gasteiger partial charge in [-0.1, -0.05) is 13.8 Å². The molecule has 3 nitrogen and oxygen atoms in total. The number of rotatable bonds is 6. The van der Waals surface area contributed by atoms with Crippen LogP contribution in [0, 0.1) is 0 Å². The van der Waals surface area contributed by atoms with Gasteiger partial charge in [-0.15, -0.1) is 0 Å². The summed E-state index contributed by atoms with van der Waals surface area (Å²) in [6.07, 6.45) is 6.30. The molecule has 3 heteroatoms. The van der Waals surface area contributed by atoms with Crippen molar-refractivity contribution in [3.63, 3.8) is 0 Å². The predicted octanol–water partition coefficient (Wildman–Crippen LogP) is 3.07. The van der Waals surface area contributed by atoms with E-state index in [0.29, 0.717) is 6.10 Å². The van der Waals surface area contributed by atoms with E-state index in [4.69, 9.17) is 4.74 Å². The second kappa shape index (κ2) is 6.74. The molecule has 1 heterocycles. The average molecular weight is 248 g/mol. The van der Waals surface area contributed by atoms with Crippen LogP contribution in [0.4, 0.5) is 0 Å². The Bertz CT molecular complexity index is 373. The molecule has 2 rings (SSSR count). The highest BCUT2D eigenvalue weighted by Crippen LogP contribution is 2.24. The quantitative estimate of drug-likeness (QED) is 0.840. The Morgan fingerprint density at radius 2 is 2.06 bits per heavy atom. The maximum Gasteiger partial charge on any atom is 0.214 e. The third kappa shape index (κ3) is 3.70. The van der Waals surface area contributed by atoms with Crippen molar-refractivity contribution < 1.29 is 4.74 Å². The van der Waals surface area contributed by atoms with E-state index in [1.807, 2.05) is 0 Å². The second-order valence-electron chi connectivity index (χ2n) is 4.96. The van der Waals surface area contributed by atoms with E-state index in [2.05, 4.69) is 36.3 Å². The van der Waals surface area contributed by atoms with Gasteiger partial charge < -0.3 is 10.1 Å². The highest BCUT2D eigenvalue weighted by atomic mass is 16.5. The molecule has 1 saturated carbocycles. The van der Waals surface area contributed by atoms with Gasteiger partial charge >= 0.3 is 0 Å². The summed E-state index contributed by atoms with van der Waals surface area (Å²) in [4.78, 5) is 4.57. The first-order valence-corrected chi connectivity index (χ1v) is 7.19. The van der Waals surface area contributed by atoms with Gasteiger partial charge in [0, 0.05) is 18.3 Å². The Morgan fingerprint density at radius 3 is 2.72 bits per heavy atom. The number of aryl methyl sites for hydroxylation is 1. The molecule has 0 aromatic carbocycles. The molecular weight excluding hydrogens is 224 g/mol. The van der Waals surface area contributed by atoms with Crippen molar-refractivity contribution in [2.45, 2.75) is 58.6 Å². The number of nitrogens with zero attached hydrogens (tertiary/aromatic N) is 1. The van der Waals surface area contributed by atoms with Crippen LogP contribution < -0.4 is 10.1 Å². The van der Waals surface area contributed by atoms with Crippen molar-refractivity contribution in [2.24, 2.45) is 0 Å². The van der Waals surface area contributed by atoms with E-state index in [1.165, 1.54) is 31.2 Å². The van der Waals surface area contributed by atoms with Crippen LogP contribution in [-0.4, -0.2) is 17.6 Å². The van der Waals surface area contributed by atoms with Crippen LogP contribution in [0.1, 0.15) is 50.8 Å². The van der Waals surface area contributed by atoms with Gasteiger partial charge in [0.05, 0.1) is 0 Å². The molecule has 0 saturated heterocycles. The number of nitrogens with one attached hydrogen (secondary N) is 1. The molecule has 1 aromatic rings. The molecular formula is C15H24N2O. The van der Waals surface area contributed by atoms with E-state index in [0.717, 1.165) is 31.1 Å². The van der Waals surface area contributed by atoms with E-state index >= 15 is 0 Å². The van der Waals surface area contributed by atoms with Gasteiger partial charge in [-0.25, -0.2) is 4.98 Å². The topological polar surface area (TPSA) is 34.2 Å². The van der Waals surface area contributed by atoms with Crippen molar-refractivity contribution in [1.82, 2.24) is 10.3 Å². The summed E-state index contributed by atoms with van der Waals surface area (Å²) in [5, 5.41) is 3.35. The Labute approximate surface area is 110 Å². The zero-order chi connectivity index (χ0) is 12.8. The van der Waals surface area contributed by atoms with Gasteiger partial charge in [-0.3, -0.25) is 0 Å². The third-order valence-corrected chi connectivity index (χ3v) is 3.45. The lowest BCUT2D eigenvalue weighted by Crippen LogP contribution is -2.15. The van der Waals surface area contributed by atoms with Crippen LogP contribution in [-0.2, 0) is 13.0 Å². The Morgan fingerprint density at radius 1 is 1.28 bits per heavy atom. The first kappa shape index (κ1) is 13.3. The second-order valence-corrected chi connectivity index (χ2v) is 4.96. The van der Waals surface area contributed by atoms with Crippen molar-refractivity contribution in [1.29, 1.82) is 0 Å². The molecule has 0 bridgehead atoms. The van der Waals surface area contributed by atoms with E-state index in [9.17, 15) is 0 Å². The zero-order valence-corrected chi connectivity index (χ0v) is 11.5. The van der Waals surface area contributed by atoms with Crippen molar-refractivity contribution in [2.75, 3.05) is 6.54 Å². The number of aromatic nitrogens is 1. The number of hydrogen-bond donors (Lipinski definition) is 1. The Balaban J connectivity index is 2.06. The van der Waals surface area contributed by atoms with Crippen molar-refractivity contribution in [3.8, 4) is 5.88 Å². The van der Waals surface area contributed by atoms with Crippen LogP contribution in [0.25, 0.3) is 0 Å². The summed E-state index contributed by atoms with van der Waals surface area (Å²) in [5.74, 6) is 0.814. The highest BCUT2D eigenvalue weighted by molar-refractivity contribution is 5.25. The third-order valence-electron chi connectivity index (χ3n) is 3.45. The molecule has 1 aliphatic carbocycles. The van der Waals surface area contributed by atoms with E-state index < -0.39 is 0 Å². The summed E-state index contributed by atoms with van der Waals surface area (Å²) < 4.78 is 6.00. The number of pyridine rings is 1.